The van der Waals surface area contributed by atoms with Gasteiger partial charge in [0, 0.05) is 58.1 Å². The molecule has 0 aliphatic rings. The molecule has 0 aliphatic heterocycles. The number of aromatic nitrogens is 4. The topological polar surface area (TPSA) is 35.9 Å². The molecular weight excluding hydrogens is 1090 g/mol. The van der Waals surface area contributed by atoms with Gasteiger partial charge in [-0.1, -0.05) is 207 Å². The number of benzene rings is 9. The zero-order chi connectivity index (χ0) is 71.4. The van der Waals surface area contributed by atoms with Crippen LogP contribution in [0.3, 0.4) is 0 Å². The van der Waals surface area contributed by atoms with Crippen LogP contribution in [0.4, 0.5) is 0 Å². The molecule has 0 bridgehead atoms. The molecule has 0 saturated heterocycles. The van der Waals surface area contributed by atoms with Crippen molar-refractivity contribution < 1.29 is 66.0 Å². The van der Waals surface area contributed by atoms with E-state index in [1.54, 1.807) is 92.1 Å². The Balaban J connectivity index is 0.00000990. The molecule has 0 radical (unpaired) electrons. The fraction of sp³-hybridized carbons (Fsp3) is 0.0909. The summed E-state index contributed by atoms with van der Waals surface area (Å²) in [5, 5.41) is -1.59. The zero-order valence-corrected chi connectivity index (χ0v) is 42.1. The summed E-state index contributed by atoms with van der Waals surface area (Å²) in [6.07, 6.45) is 4.53. The minimum atomic E-state index is -6.07. The Morgan fingerprint density at radius 1 is 0.630 bits per heavy atom. The maximum Gasteiger partial charge on any atom is 0.268 e. The normalized spacial score (nSPS) is 17.2. The van der Waals surface area contributed by atoms with Crippen LogP contribution < -0.4 is 30.1 Å². The van der Waals surface area contributed by atoms with Gasteiger partial charge in [-0.05, 0) is 79.8 Å². The monoisotopic (exact) mass is 1170 g/mol. The predicted molar refractivity (Wildman–Crippen MR) is 297 cm³/mol. The van der Waals surface area contributed by atoms with Crippen LogP contribution >= 0.6 is 0 Å². The molecule has 7 heteroatoms. The molecule has 73 heavy (non-hydrogen) atoms. The molecule has 5 nitrogen and oxygen atoms in total. The molecule has 3 aromatic heterocycles. The Hall–Kier alpha value is -7.89. The molecule has 0 unspecified atom stereocenters. The van der Waals surface area contributed by atoms with Crippen LogP contribution in [0.25, 0.3) is 61.2 Å². The van der Waals surface area contributed by atoms with Gasteiger partial charge in [-0.25, -0.2) is 4.98 Å². The van der Waals surface area contributed by atoms with Crippen molar-refractivity contribution >= 4 is 61.7 Å². The van der Waals surface area contributed by atoms with Gasteiger partial charge < -0.3 is 13.9 Å². The molecule has 3 heterocycles. The van der Waals surface area contributed by atoms with E-state index in [2.05, 4.69) is 23.4 Å². The van der Waals surface area contributed by atoms with E-state index in [9.17, 15) is 16.4 Å². The van der Waals surface area contributed by atoms with Crippen molar-refractivity contribution in [3.8, 4) is 39.8 Å². The van der Waals surface area contributed by atoms with Crippen LogP contribution in [0.1, 0.15) is 73.1 Å². The molecule has 0 spiro atoms. The van der Waals surface area contributed by atoms with Crippen molar-refractivity contribution in [1.29, 1.82) is 0 Å². The van der Waals surface area contributed by atoms with Crippen LogP contribution in [-0.2, 0) is 26.5 Å². The number of fused-ring (bicyclic) bond motifs is 4. The van der Waals surface area contributed by atoms with E-state index in [4.69, 9.17) is 23.9 Å². The Morgan fingerprint density at radius 3 is 1.92 bits per heavy atom. The second-order valence-corrected chi connectivity index (χ2v) is 21.2. The molecule has 0 aliphatic carbocycles. The molecule has 0 atom stereocenters. The largest absolute Gasteiger partial charge is 0.510 e. The molecule has 0 saturated carbocycles. The molecule has 12 aromatic rings. The van der Waals surface area contributed by atoms with Crippen molar-refractivity contribution in [1.82, 2.24) is 14.1 Å². The van der Waals surface area contributed by atoms with Crippen LogP contribution in [-0.4, -0.2) is 22.2 Å². The Morgan fingerprint density at radius 2 is 1.26 bits per heavy atom. The SMILES string of the molecule is [2H]c1c([2H])c([2H])c(-c2cnc(-n3c4[c-]c(Oc5[c-]c(-n6[c-][n+](-c7c(C(C)(C)C)cc(C([2H])([2H])[2H])cc7[Si](c7c([2H])c([2H])c([2H])c([2H])c7[2H])(c7c([2H])c([2H])c([2H])c([2H])c7[2H])c7c([2H])c([2H])c([2H])c([2H])c7[2H])c7ccccc76)ccc5)ccc4c4ccccc43)cc2C([2H])([2H])[2H])c([2H])c1[2H].[Pt]. The van der Waals surface area contributed by atoms with E-state index in [0.717, 1.165) is 12.3 Å². The average Bonchev–Trinajstić information content (AvgIpc) is 0.827. The van der Waals surface area contributed by atoms with E-state index in [1.165, 1.54) is 21.3 Å². The van der Waals surface area contributed by atoms with Gasteiger partial charge in [0.25, 0.3) is 6.33 Å². The molecule has 0 amide bonds. The fourth-order valence-corrected chi connectivity index (χ4v) is 13.3. The van der Waals surface area contributed by atoms with Gasteiger partial charge in [0.05, 0.1) is 44.1 Å². The first-order chi connectivity index (χ1) is 45.9. The fourth-order valence-electron chi connectivity index (χ4n) is 9.30. The third-order valence-corrected chi connectivity index (χ3v) is 16.6. The smallest absolute Gasteiger partial charge is 0.268 e. The van der Waals surface area contributed by atoms with E-state index in [1.807, 2.05) is 12.1 Å². The summed E-state index contributed by atoms with van der Waals surface area (Å²) in [5.74, 6) is 0.267. The van der Waals surface area contributed by atoms with Gasteiger partial charge in [0.1, 0.15) is 5.82 Å². The standard InChI is InChI=1S/C66H52N4OSi.Pt/c1-46-39-58(66(3,4)5)65(63(40-46)72(52-27-12-7-13-28-52,53-29-14-8-15-30-53)54-31-16-9-17-32-54)69-45-68(60-35-20-21-36-61(60)69)49-25-22-26-50(42-49)71-51-37-38-56-55-33-18-19-34-59(55)70(62(56)43-51)64-41-47(2)57(44-67-64)48-23-10-6-11-24-48;/h6-41,44H,1-5H3;/q-2;/i1D3,2D3,6D,7D,8D,9D,10D,11D,12D,13D,14D,15D,16D,17D,23D,24D,27D,28D,29D,30D,31D,32D;. The van der Waals surface area contributed by atoms with Gasteiger partial charge in [0.2, 0.25) is 0 Å². The number of imidazole rings is 1. The van der Waals surface area contributed by atoms with Crippen LogP contribution in [0.5, 0.6) is 11.5 Å². The summed E-state index contributed by atoms with van der Waals surface area (Å²) < 4.78 is 247. The van der Waals surface area contributed by atoms with E-state index < -0.39 is 174 Å². The van der Waals surface area contributed by atoms with E-state index in [0.29, 0.717) is 27.3 Å². The summed E-state index contributed by atoms with van der Waals surface area (Å²) in [7, 11) is -6.07. The Labute approximate surface area is 479 Å². The van der Waals surface area contributed by atoms with Crippen molar-refractivity contribution in [2.75, 3.05) is 0 Å². The summed E-state index contributed by atoms with van der Waals surface area (Å²) in [4.78, 5) is 4.66. The molecule has 9 aromatic carbocycles. The number of para-hydroxylation sites is 3. The number of pyridine rings is 1. The molecule has 0 N–H and O–H groups in total. The molecular formula is C66H52N4OPtSi-2. The summed E-state index contributed by atoms with van der Waals surface area (Å²) >= 11 is 0. The van der Waals surface area contributed by atoms with Crippen molar-refractivity contribution in [3.63, 3.8) is 0 Å². The van der Waals surface area contributed by atoms with Crippen molar-refractivity contribution in [2.45, 2.75) is 39.9 Å². The minimum absolute atomic E-state index is 0. The van der Waals surface area contributed by atoms with Gasteiger partial charge in [0.15, 0.2) is 8.07 Å². The van der Waals surface area contributed by atoms with Gasteiger partial charge >= 0.3 is 0 Å². The third kappa shape index (κ3) is 8.35. The summed E-state index contributed by atoms with van der Waals surface area (Å²) in [6.45, 7) is -0.870. The van der Waals surface area contributed by atoms with E-state index >= 15 is 0 Å². The molecule has 358 valence electrons. The molecule has 12 rings (SSSR count). The molecule has 0 fully saturated rings. The second kappa shape index (κ2) is 19.3. The van der Waals surface area contributed by atoms with Crippen LogP contribution in [0, 0.1) is 32.2 Å². The number of ether oxygens (including phenoxy) is 1. The van der Waals surface area contributed by atoms with Gasteiger partial charge in [-0.2, -0.15) is 18.2 Å². The number of nitrogens with zero attached hydrogens (tertiary/aromatic N) is 4. The van der Waals surface area contributed by atoms with Crippen LogP contribution in [0.15, 0.2) is 224 Å². The first-order valence-corrected chi connectivity index (χ1v) is 24.5. The van der Waals surface area contributed by atoms with Crippen molar-refractivity contribution in [3.05, 3.63) is 259 Å². The predicted octanol–water partition coefficient (Wildman–Crippen LogP) is 12.5. The average molecular weight is 1170 g/mol. The minimum Gasteiger partial charge on any atom is -0.510 e. The maximum absolute atomic E-state index is 9.86. The third-order valence-electron chi connectivity index (χ3n) is 12.4. The van der Waals surface area contributed by atoms with Gasteiger partial charge in [-0.15, -0.1) is 29.7 Å². The first kappa shape index (κ1) is 26.2. The number of hydrogen-bond donors (Lipinski definition) is 0. The zero-order valence-electron chi connectivity index (χ0n) is 64.8. The number of aryl methyl sites for hydroxylation is 2. The Bertz CT molecular complexity index is 5150. The number of hydrogen-bond acceptors (Lipinski definition) is 2. The Kier molecular flexibility index (Phi) is 6.91. The van der Waals surface area contributed by atoms with Gasteiger partial charge in [-0.3, -0.25) is 4.57 Å². The number of rotatable bonds is 10. The van der Waals surface area contributed by atoms with E-state index in [-0.39, 0.29) is 77.5 Å². The maximum atomic E-state index is 9.86. The summed E-state index contributed by atoms with van der Waals surface area (Å²) in [5.41, 5.74) is -0.905. The van der Waals surface area contributed by atoms with Crippen molar-refractivity contribution in [2.24, 2.45) is 0 Å². The second-order valence-electron chi connectivity index (χ2n) is 17.7. The summed E-state index contributed by atoms with van der Waals surface area (Å²) in [6, 6.07) is 14.0. The first-order valence-electron chi connectivity index (χ1n) is 35.5. The van der Waals surface area contributed by atoms with Crippen LogP contribution in [0.2, 0.25) is 0 Å². The quantitative estimate of drug-likeness (QED) is 0.0592.